The van der Waals surface area contributed by atoms with Gasteiger partial charge in [0.1, 0.15) is 5.75 Å². The van der Waals surface area contributed by atoms with Crippen LogP contribution in [0, 0.1) is 0 Å². The normalized spacial score (nSPS) is 10.5. The summed E-state index contributed by atoms with van der Waals surface area (Å²) in [6, 6.07) is 7.52. The summed E-state index contributed by atoms with van der Waals surface area (Å²) >= 11 is 0. The maximum Gasteiger partial charge on any atom is 0.225 e. The van der Waals surface area contributed by atoms with E-state index in [-0.39, 0.29) is 5.91 Å². The molecule has 0 radical (unpaired) electrons. The molecule has 0 atom stereocenters. The third-order valence-electron chi connectivity index (χ3n) is 3.01. The molecular formula is C15H24N2O2. The molecule has 19 heavy (non-hydrogen) atoms. The first-order chi connectivity index (χ1) is 9.21. The number of para-hydroxylation sites is 2. The molecule has 0 aromatic heterocycles. The molecule has 1 aromatic rings. The van der Waals surface area contributed by atoms with Crippen molar-refractivity contribution in [2.45, 2.75) is 27.2 Å². The highest BCUT2D eigenvalue weighted by atomic mass is 16.5. The van der Waals surface area contributed by atoms with Gasteiger partial charge in [-0.15, -0.1) is 0 Å². The molecule has 0 unspecified atom stereocenters. The van der Waals surface area contributed by atoms with Crippen molar-refractivity contribution in [3.8, 4) is 5.75 Å². The topological polar surface area (TPSA) is 41.6 Å². The fourth-order valence-corrected chi connectivity index (χ4v) is 1.86. The van der Waals surface area contributed by atoms with Crippen molar-refractivity contribution < 1.29 is 9.53 Å². The average Bonchev–Trinajstić information content (AvgIpc) is 2.42. The van der Waals surface area contributed by atoms with Gasteiger partial charge in [0.05, 0.1) is 12.3 Å². The lowest BCUT2D eigenvalue weighted by atomic mass is 10.2. The van der Waals surface area contributed by atoms with Crippen LogP contribution in [-0.2, 0) is 4.79 Å². The van der Waals surface area contributed by atoms with E-state index in [0.29, 0.717) is 13.0 Å². The molecule has 4 nitrogen and oxygen atoms in total. The van der Waals surface area contributed by atoms with Crippen LogP contribution in [0.2, 0.25) is 0 Å². The largest absolute Gasteiger partial charge is 0.492 e. The first kappa shape index (κ1) is 15.5. The Morgan fingerprint density at radius 1 is 1.21 bits per heavy atom. The number of amides is 1. The van der Waals surface area contributed by atoms with Crippen molar-refractivity contribution >= 4 is 11.6 Å². The summed E-state index contributed by atoms with van der Waals surface area (Å²) in [6.45, 7) is 9.46. The quantitative estimate of drug-likeness (QED) is 0.785. The van der Waals surface area contributed by atoms with E-state index >= 15 is 0 Å². The zero-order valence-electron chi connectivity index (χ0n) is 12.1. The highest BCUT2D eigenvalue weighted by Gasteiger charge is 2.08. The Kier molecular flexibility index (Phi) is 6.97. The molecule has 0 aliphatic carbocycles. The number of nitrogens with one attached hydrogen (secondary N) is 1. The van der Waals surface area contributed by atoms with Crippen LogP contribution in [0.4, 0.5) is 5.69 Å². The third kappa shape index (κ3) is 5.30. The fourth-order valence-electron chi connectivity index (χ4n) is 1.86. The molecule has 4 heteroatoms. The van der Waals surface area contributed by atoms with Crippen LogP contribution in [0.15, 0.2) is 24.3 Å². The summed E-state index contributed by atoms with van der Waals surface area (Å²) in [5.74, 6) is 0.750. The summed E-state index contributed by atoms with van der Waals surface area (Å²) in [5, 5.41) is 2.91. The van der Waals surface area contributed by atoms with Gasteiger partial charge in [0.15, 0.2) is 0 Å². The van der Waals surface area contributed by atoms with Crippen LogP contribution in [0.3, 0.4) is 0 Å². The highest BCUT2D eigenvalue weighted by Crippen LogP contribution is 2.23. The monoisotopic (exact) mass is 264 g/mol. The molecule has 0 spiro atoms. The maximum atomic E-state index is 11.9. The summed E-state index contributed by atoms with van der Waals surface area (Å²) in [7, 11) is 0. The van der Waals surface area contributed by atoms with Gasteiger partial charge in [-0.1, -0.05) is 26.0 Å². The minimum Gasteiger partial charge on any atom is -0.492 e. The minimum absolute atomic E-state index is 0.0269. The SMILES string of the molecule is CCOc1ccccc1NC(=O)CCN(CC)CC. The molecule has 1 rings (SSSR count). The Morgan fingerprint density at radius 2 is 1.89 bits per heavy atom. The van der Waals surface area contributed by atoms with E-state index in [4.69, 9.17) is 4.74 Å². The predicted octanol–water partition coefficient (Wildman–Crippen LogP) is 2.76. The summed E-state index contributed by atoms with van der Waals surface area (Å²) in [4.78, 5) is 14.1. The van der Waals surface area contributed by atoms with E-state index in [0.717, 1.165) is 31.1 Å². The lowest BCUT2D eigenvalue weighted by Crippen LogP contribution is -2.27. The molecule has 0 aliphatic rings. The fraction of sp³-hybridized carbons (Fsp3) is 0.533. The molecule has 0 saturated heterocycles. The minimum atomic E-state index is 0.0269. The number of anilines is 1. The molecule has 1 aromatic carbocycles. The second kappa shape index (κ2) is 8.53. The molecule has 1 amide bonds. The number of ether oxygens (including phenoxy) is 1. The molecule has 0 fully saturated rings. The zero-order valence-corrected chi connectivity index (χ0v) is 12.1. The van der Waals surface area contributed by atoms with E-state index in [1.54, 1.807) is 0 Å². The zero-order chi connectivity index (χ0) is 14.1. The lowest BCUT2D eigenvalue weighted by Gasteiger charge is -2.17. The predicted molar refractivity (Wildman–Crippen MR) is 78.6 cm³/mol. The average molecular weight is 264 g/mol. The molecule has 1 N–H and O–H groups in total. The number of carbonyl (C=O) groups is 1. The Balaban J connectivity index is 2.52. The van der Waals surface area contributed by atoms with Gasteiger partial charge >= 0.3 is 0 Å². The van der Waals surface area contributed by atoms with Crippen molar-refractivity contribution in [2.75, 3.05) is 31.6 Å². The lowest BCUT2D eigenvalue weighted by molar-refractivity contribution is -0.116. The van der Waals surface area contributed by atoms with Crippen molar-refractivity contribution in [2.24, 2.45) is 0 Å². The molecule has 0 heterocycles. The second-order valence-corrected chi connectivity index (χ2v) is 4.25. The van der Waals surface area contributed by atoms with E-state index in [1.807, 2.05) is 31.2 Å². The van der Waals surface area contributed by atoms with Gasteiger partial charge in [0.25, 0.3) is 0 Å². The Bertz CT molecular complexity index is 389. The Labute approximate surface area is 115 Å². The van der Waals surface area contributed by atoms with E-state index in [2.05, 4.69) is 24.1 Å². The molecule has 106 valence electrons. The summed E-state index contributed by atoms with van der Waals surface area (Å²) in [5.41, 5.74) is 0.744. The van der Waals surface area contributed by atoms with Gasteiger partial charge in [-0.05, 0) is 32.1 Å². The number of hydrogen-bond donors (Lipinski definition) is 1. The van der Waals surface area contributed by atoms with Crippen LogP contribution < -0.4 is 10.1 Å². The number of rotatable bonds is 8. The van der Waals surface area contributed by atoms with Crippen LogP contribution in [-0.4, -0.2) is 37.0 Å². The first-order valence-electron chi connectivity index (χ1n) is 6.95. The Morgan fingerprint density at radius 3 is 2.53 bits per heavy atom. The van der Waals surface area contributed by atoms with Gasteiger partial charge in [0, 0.05) is 13.0 Å². The number of nitrogens with zero attached hydrogens (tertiary/aromatic N) is 1. The smallest absolute Gasteiger partial charge is 0.225 e. The first-order valence-corrected chi connectivity index (χ1v) is 6.95. The molecular weight excluding hydrogens is 240 g/mol. The van der Waals surface area contributed by atoms with Gasteiger partial charge in [-0.3, -0.25) is 4.79 Å². The second-order valence-electron chi connectivity index (χ2n) is 4.25. The highest BCUT2D eigenvalue weighted by molar-refractivity contribution is 5.92. The van der Waals surface area contributed by atoms with Crippen LogP contribution in [0.1, 0.15) is 27.2 Å². The van der Waals surface area contributed by atoms with E-state index in [1.165, 1.54) is 0 Å². The van der Waals surface area contributed by atoms with Crippen molar-refractivity contribution in [3.05, 3.63) is 24.3 Å². The number of carbonyl (C=O) groups excluding carboxylic acids is 1. The van der Waals surface area contributed by atoms with E-state index < -0.39 is 0 Å². The van der Waals surface area contributed by atoms with E-state index in [9.17, 15) is 4.79 Å². The summed E-state index contributed by atoms with van der Waals surface area (Å²) < 4.78 is 5.48. The molecule has 0 bridgehead atoms. The van der Waals surface area contributed by atoms with Crippen LogP contribution in [0.5, 0.6) is 5.75 Å². The standard InChI is InChI=1S/C15H24N2O2/c1-4-17(5-2)12-11-15(18)16-13-9-7-8-10-14(13)19-6-3/h7-10H,4-6,11-12H2,1-3H3,(H,16,18). The maximum absolute atomic E-state index is 11.9. The summed E-state index contributed by atoms with van der Waals surface area (Å²) in [6.07, 6.45) is 0.502. The Hall–Kier alpha value is -1.55. The van der Waals surface area contributed by atoms with Crippen molar-refractivity contribution in [3.63, 3.8) is 0 Å². The molecule has 0 aliphatic heterocycles. The third-order valence-corrected chi connectivity index (χ3v) is 3.01. The van der Waals surface area contributed by atoms with Crippen molar-refractivity contribution in [1.82, 2.24) is 4.90 Å². The number of benzene rings is 1. The van der Waals surface area contributed by atoms with Crippen LogP contribution in [0.25, 0.3) is 0 Å². The van der Waals surface area contributed by atoms with Gasteiger partial charge < -0.3 is 15.0 Å². The number of hydrogen-bond acceptors (Lipinski definition) is 3. The van der Waals surface area contributed by atoms with Gasteiger partial charge in [0.2, 0.25) is 5.91 Å². The molecule has 0 saturated carbocycles. The van der Waals surface area contributed by atoms with Crippen molar-refractivity contribution in [1.29, 1.82) is 0 Å². The van der Waals surface area contributed by atoms with Gasteiger partial charge in [-0.2, -0.15) is 0 Å². The van der Waals surface area contributed by atoms with Crippen LogP contribution >= 0.6 is 0 Å². The van der Waals surface area contributed by atoms with Gasteiger partial charge in [-0.25, -0.2) is 0 Å².